The minimum absolute atomic E-state index is 0.111. The smallest absolute Gasteiger partial charge is 0.350 e. The highest BCUT2D eigenvalue weighted by Crippen LogP contribution is 2.44. The maximum atomic E-state index is 13.6. The number of rotatable bonds is 10. The molecule has 2 heterocycles. The number of methoxy groups -OCH3 is 1. The number of nitrogens with zero attached hydrogens (tertiary/aromatic N) is 2. The van der Waals surface area contributed by atoms with Gasteiger partial charge in [-0.05, 0) is 60.9 Å². The Morgan fingerprint density at radius 3 is 2.42 bits per heavy atom. The fraction of sp³-hybridized carbons (Fsp3) is 0.212. The van der Waals surface area contributed by atoms with Gasteiger partial charge < -0.3 is 19.3 Å². The van der Waals surface area contributed by atoms with Crippen LogP contribution in [0.25, 0.3) is 5.76 Å². The maximum absolute atomic E-state index is 13.6. The van der Waals surface area contributed by atoms with Crippen LogP contribution in [0.3, 0.4) is 0 Å². The van der Waals surface area contributed by atoms with E-state index in [-0.39, 0.29) is 21.3 Å². The molecule has 1 N–H and O–H groups in total. The minimum atomic E-state index is -1.05. The van der Waals surface area contributed by atoms with E-state index in [0.717, 1.165) is 23.3 Å². The number of esters is 1. The van der Waals surface area contributed by atoms with Crippen LogP contribution in [-0.4, -0.2) is 41.5 Å². The summed E-state index contributed by atoms with van der Waals surface area (Å²) >= 11 is 0.940. The molecular formula is C33H30N2O7S. The molecule has 220 valence electrons. The van der Waals surface area contributed by atoms with Gasteiger partial charge in [0.2, 0.25) is 0 Å². The van der Waals surface area contributed by atoms with Crippen LogP contribution in [0.15, 0.2) is 84.4 Å². The summed E-state index contributed by atoms with van der Waals surface area (Å²) in [6.45, 7) is 4.47. The van der Waals surface area contributed by atoms with E-state index >= 15 is 0 Å². The highest BCUT2D eigenvalue weighted by Gasteiger charge is 2.48. The first-order valence-corrected chi connectivity index (χ1v) is 14.5. The van der Waals surface area contributed by atoms with E-state index in [1.54, 1.807) is 55.5 Å². The first kappa shape index (κ1) is 29.5. The number of benzene rings is 3. The van der Waals surface area contributed by atoms with Crippen molar-refractivity contribution in [1.29, 1.82) is 0 Å². The Morgan fingerprint density at radius 1 is 0.977 bits per heavy atom. The Morgan fingerprint density at radius 2 is 1.72 bits per heavy atom. The van der Waals surface area contributed by atoms with Crippen molar-refractivity contribution in [2.75, 3.05) is 18.6 Å². The van der Waals surface area contributed by atoms with Crippen molar-refractivity contribution in [3.63, 3.8) is 0 Å². The Balaban J connectivity index is 1.59. The van der Waals surface area contributed by atoms with Gasteiger partial charge in [0.1, 0.15) is 28.7 Å². The monoisotopic (exact) mass is 598 g/mol. The number of anilines is 1. The normalized spacial score (nSPS) is 15.9. The number of aromatic nitrogens is 1. The highest BCUT2D eigenvalue weighted by atomic mass is 32.1. The van der Waals surface area contributed by atoms with Crippen LogP contribution in [-0.2, 0) is 20.9 Å². The molecule has 1 atom stereocenters. The summed E-state index contributed by atoms with van der Waals surface area (Å²) in [4.78, 5) is 45.4. The fourth-order valence-electron chi connectivity index (χ4n) is 4.71. The van der Waals surface area contributed by atoms with Crippen molar-refractivity contribution in [2.24, 2.45) is 0 Å². The van der Waals surface area contributed by atoms with Crippen LogP contribution in [0, 0.1) is 6.92 Å². The average Bonchev–Trinajstić information content (AvgIpc) is 3.55. The second-order valence-electron chi connectivity index (χ2n) is 9.79. The topological polar surface area (TPSA) is 115 Å². The third-order valence-corrected chi connectivity index (χ3v) is 7.97. The van der Waals surface area contributed by atoms with Gasteiger partial charge in [0.05, 0.1) is 31.0 Å². The molecule has 43 heavy (non-hydrogen) atoms. The lowest BCUT2D eigenvalue weighted by atomic mass is 9.95. The van der Waals surface area contributed by atoms with E-state index < -0.39 is 23.7 Å². The molecule has 1 amide bonds. The number of aryl methyl sites for hydroxylation is 1. The van der Waals surface area contributed by atoms with Gasteiger partial charge in [0.15, 0.2) is 5.13 Å². The molecule has 0 aliphatic carbocycles. The van der Waals surface area contributed by atoms with Crippen LogP contribution in [0.1, 0.15) is 51.4 Å². The number of hydrogen-bond acceptors (Lipinski definition) is 9. The van der Waals surface area contributed by atoms with E-state index in [2.05, 4.69) is 4.98 Å². The van der Waals surface area contributed by atoms with Crippen LogP contribution >= 0.6 is 11.3 Å². The average molecular weight is 599 g/mol. The Hall–Kier alpha value is -4.96. The molecule has 10 heteroatoms. The van der Waals surface area contributed by atoms with Crippen LogP contribution in [0.2, 0.25) is 0 Å². The zero-order valence-electron chi connectivity index (χ0n) is 23.9. The summed E-state index contributed by atoms with van der Waals surface area (Å²) in [5.74, 6) is -1.57. The number of Topliss-reactive ketones (excluding diaryl/α,β-unsaturated/α-hetero) is 1. The van der Waals surface area contributed by atoms with E-state index in [1.807, 2.05) is 37.3 Å². The van der Waals surface area contributed by atoms with Gasteiger partial charge in [-0.3, -0.25) is 14.5 Å². The number of aliphatic hydroxyl groups excluding tert-OH is 1. The summed E-state index contributed by atoms with van der Waals surface area (Å²) < 4.78 is 16.5. The molecule has 5 rings (SSSR count). The van der Waals surface area contributed by atoms with Crippen molar-refractivity contribution < 1.29 is 33.7 Å². The second kappa shape index (κ2) is 12.9. The molecule has 1 fully saturated rings. The van der Waals surface area contributed by atoms with Crippen molar-refractivity contribution in [3.8, 4) is 11.5 Å². The third-order valence-electron chi connectivity index (χ3n) is 6.83. The quantitative estimate of drug-likeness (QED) is 0.0989. The predicted octanol–water partition coefficient (Wildman–Crippen LogP) is 6.23. The Bertz CT molecular complexity index is 1680. The molecule has 1 aliphatic heterocycles. The molecule has 1 unspecified atom stereocenters. The first-order chi connectivity index (χ1) is 20.8. The van der Waals surface area contributed by atoms with Gasteiger partial charge in [0.25, 0.3) is 5.78 Å². The fourth-order valence-corrected chi connectivity index (χ4v) is 5.72. The van der Waals surface area contributed by atoms with Crippen molar-refractivity contribution in [3.05, 3.63) is 112 Å². The summed E-state index contributed by atoms with van der Waals surface area (Å²) in [5.41, 5.74) is 2.07. The van der Waals surface area contributed by atoms with Gasteiger partial charge >= 0.3 is 11.9 Å². The standard InChI is InChI=1S/C33H30N2O7S/c1-4-17-41-24-15-13-22(14-16-24)28(36)26-27(23-11-8-12-25(18-23)42-19-21-9-6-5-7-10-21)35(31(38)29(26)37)33-34-20(2)30(43-33)32(39)40-3/h5-16,18,27,36H,4,17,19H2,1-3H3. The number of hydrogen-bond donors (Lipinski definition) is 1. The molecular weight excluding hydrogens is 568 g/mol. The number of ketones is 1. The molecule has 0 radical (unpaired) electrons. The minimum Gasteiger partial charge on any atom is -0.507 e. The van der Waals surface area contributed by atoms with Crippen LogP contribution < -0.4 is 14.4 Å². The molecule has 1 aromatic heterocycles. The van der Waals surface area contributed by atoms with E-state index in [0.29, 0.717) is 41.5 Å². The molecule has 1 aliphatic rings. The third kappa shape index (κ3) is 6.14. The largest absolute Gasteiger partial charge is 0.507 e. The van der Waals surface area contributed by atoms with Gasteiger partial charge in [-0.1, -0.05) is 60.7 Å². The number of ether oxygens (including phenoxy) is 3. The maximum Gasteiger partial charge on any atom is 0.350 e. The molecule has 4 aromatic rings. The molecule has 1 saturated heterocycles. The summed E-state index contributed by atoms with van der Waals surface area (Å²) in [7, 11) is 1.26. The number of carbonyl (C=O) groups excluding carboxylic acids is 3. The lowest BCUT2D eigenvalue weighted by Gasteiger charge is -2.23. The molecule has 0 spiro atoms. The number of carbonyl (C=O) groups is 3. The van der Waals surface area contributed by atoms with Gasteiger partial charge in [-0.15, -0.1) is 0 Å². The molecule has 0 saturated carbocycles. The predicted molar refractivity (Wildman–Crippen MR) is 162 cm³/mol. The molecule has 3 aromatic carbocycles. The van der Waals surface area contributed by atoms with Crippen molar-refractivity contribution >= 4 is 39.9 Å². The lowest BCUT2D eigenvalue weighted by Crippen LogP contribution is -2.29. The zero-order chi connectivity index (χ0) is 30.5. The first-order valence-electron chi connectivity index (χ1n) is 13.7. The van der Waals surface area contributed by atoms with Crippen LogP contribution in [0.4, 0.5) is 5.13 Å². The molecule has 0 bridgehead atoms. The number of thiazole rings is 1. The van der Waals surface area contributed by atoms with Gasteiger partial charge in [0, 0.05) is 5.56 Å². The van der Waals surface area contributed by atoms with Crippen molar-refractivity contribution in [1.82, 2.24) is 4.98 Å². The molecule has 9 nitrogen and oxygen atoms in total. The second-order valence-corrected chi connectivity index (χ2v) is 10.8. The number of aliphatic hydroxyl groups is 1. The SMILES string of the molecule is CCCOc1ccc(C(O)=C2C(=O)C(=O)N(c3nc(C)c(C(=O)OC)s3)C2c2cccc(OCc3ccccc3)c2)cc1. The Kier molecular flexibility index (Phi) is 8.87. The summed E-state index contributed by atoms with van der Waals surface area (Å²) in [6.07, 6.45) is 0.841. The van der Waals surface area contributed by atoms with E-state index in [9.17, 15) is 19.5 Å². The van der Waals surface area contributed by atoms with E-state index in [4.69, 9.17) is 14.2 Å². The van der Waals surface area contributed by atoms with E-state index in [1.165, 1.54) is 12.0 Å². The Labute approximate surface area is 253 Å². The summed E-state index contributed by atoms with van der Waals surface area (Å²) in [6, 6.07) is 22.3. The highest BCUT2D eigenvalue weighted by molar-refractivity contribution is 7.17. The van der Waals surface area contributed by atoms with Crippen LogP contribution in [0.5, 0.6) is 11.5 Å². The lowest BCUT2D eigenvalue weighted by molar-refractivity contribution is -0.132. The number of amides is 1. The summed E-state index contributed by atoms with van der Waals surface area (Å²) in [5, 5.41) is 11.6. The van der Waals surface area contributed by atoms with Crippen molar-refractivity contribution in [2.45, 2.75) is 32.9 Å². The van der Waals surface area contributed by atoms with Gasteiger partial charge in [-0.2, -0.15) is 0 Å². The van der Waals surface area contributed by atoms with Gasteiger partial charge in [-0.25, -0.2) is 9.78 Å². The zero-order valence-corrected chi connectivity index (χ0v) is 24.7.